The summed E-state index contributed by atoms with van der Waals surface area (Å²) in [7, 11) is -2.23. The molecule has 3 aromatic carbocycles. The third-order valence-electron chi connectivity index (χ3n) is 12.6. The van der Waals surface area contributed by atoms with Crippen molar-refractivity contribution in [3.8, 4) is 11.1 Å². The number of rotatable bonds is 24. The number of benzene rings is 3. The minimum atomic E-state index is -2.63. The van der Waals surface area contributed by atoms with E-state index in [4.69, 9.17) is 13.9 Å². The predicted molar refractivity (Wildman–Crippen MR) is 243 cm³/mol. The molecule has 0 saturated heterocycles. The van der Waals surface area contributed by atoms with Crippen molar-refractivity contribution in [3.63, 3.8) is 0 Å². The average Bonchev–Trinajstić information content (AvgIpc) is 3.56. The van der Waals surface area contributed by atoms with Gasteiger partial charge in [-0.15, -0.1) is 0 Å². The van der Waals surface area contributed by atoms with Crippen LogP contribution in [0.2, 0.25) is 31.4 Å². The molecule has 0 fully saturated rings. The number of carbonyl (C=O) groups is 2. The van der Waals surface area contributed by atoms with E-state index in [1.165, 1.54) is 51.8 Å². The van der Waals surface area contributed by atoms with Gasteiger partial charge < -0.3 is 0 Å². The molecule has 6 nitrogen and oxygen atoms in total. The Balaban J connectivity index is 1.65. The summed E-state index contributed by atoms with van der Waals surface area (Å²) >= 11 is -2.63. The van der Waals surface area contributed by atoms with Gasteiger partial charge in [-0.2, -0.15) is 0 Å². The van der Waals surface area contributed by atoms with Crippen LogP contribution in [0.15, 0.2) is 89.0 Å². The molecule has 0 radical (unpaired) electrons. The fourth-order valence-corrected chi connectivity index (χ4v) is 26.7. The number of amides is 1. The van der Waals surface area contributed by atoms with Crippen LogP contribution in [0.4, 0.5) is 4.79 Å². The van der Waals surface area contributed by atoms with Crippen LogP contribution in [0.3, 0.4) is 0 Å². The fraction of sp³-hybridized carbons (Fsp3) is 0.551. The normalized spacial score (nSPS) is 14.8. The number of esters is 1. The Hall–Kier alpha value is -2.88. The number of hydrogen-bond acceptors (Lipinski definition) is 5. The topological polar surface area (TPSA) is 73.9 Å². The zero-order chi connectivity index (χ0) is 41.5. The van der Waals surface area contributed by atoms with Gasteiger partial charge in [-0.05, 0) is 22.3 Å². The molecule has 0 aromatic heterocycles. The third kappa shape index (κ3) is 12.3. The Kier molecular flexibility index (Phi) is 18.5. The molecule has 0 unspecified atom stereocenters. The summed E-state index contributed by atoms with van der Waals surface area (Å²) in [5.74, 6) is -0.670. The third-order valence-corrected chi connectivity index (χ3v) is 31.6. The molecule has 1 aliphatic carbocycles. The zero-order valence-electron chi connectivity index (χ0n) is 36.7. The number of nitrogens with one attached hydrogen (secondary N) is 1. The van der Waals surface area contributed by atoms with Crippen LogP contribution >= 0.6 is 0 Å². The van der Waals surface area contributed by atoms with Gasteiger partial charge in [-0.25, -0.2) is 0 Å². The first-order valence-corrected chi connectivity index (χ1v) is 32.4. The van der Waals surface area contributed by atoms with Gasteiger partial charge in [-0.3, -0.25) is 0 Å². The molecule has 4 rings (SSSR count). The molecule has 57 heavy (non-hydrogen) atoms. The van der Waals surface area contributed by atoms with E-state index in [1.807, 2.05) is 68.4 Å². The van der Waals surface area contributed by atoms with Crippen molar-refractivity contribution in [1.82, 2.24) is 5.32 Å². The average molecular weight is 903 g/mol. The zero-order valence-corrected chi connectivity index (χ0v) is 40.6. The Labute approximate surface area is 350 Å². The molecule has 8 heteroatoms. The van der Waals surface area contributed by atoms with Crippen LogP contribution in [0, 0.1) is 5.92 Å². The number of unbranched alkanes of at least 4 members (excludes halogenated alkanes) is 3. The van der Waals surface area contributed by atoms with Gasteiger partial charge in [0.2, 0.25) is 0 Å². The first kappa shape index (κ1) is 46.8. The molecule has 0 saturated carbocycles. The Bertz CT molecular complexity index is 1650. The van der Waals surface area contributed by atoms with E-state index in [0.717, 1.165) is 45.9 Å². The molecule has 312 valence electrons. The van der Waals surface area contributed by atoms with Gasteiger partial charge in [-0.1, -0.05) is 48.5 Å². The Morgan fingerprint density at radius 1 is 0.754 bits per heavy atom. The van der Waals surface area contributed by atoms with Gasteiger partial charge in [0.25, 0.3) is 0 Å². The summed E-state index contributed by atoms with van der Waals surface area (Å²) in [5, 5.41) is 3.00. The first-order chi connectivity index (χ1) is 27.4. The quantitative estimate of drug-likeness (QED) is 0.0716. The van der Waals surface area contributed by atoms with Gasteiger partial charge in [0.1, 0.15) is 0 Å². The van der Waals surface area contributed by atoms with Gasteiger partial charge in [0, 0.05) is 0 Å². The maximum atomic E-state index is 14.8. The summed E-state index contributed by atoms with van der Waals surface area (Å²) in [4.78, 5) is 28.7. The number of hydrogen-bond donors (Lipinski definition) is 1. The van der Waals surface area contributed by atoms with Crippen LogP contribution < -0.4 is 5.32 Å². The van der Waals surface area contributed by atoms with Gasteiger partial charge >= 0.3 is 282 Å². The van der Waals surface area contributed by atoms with Crippen molar-refractivity contribution >= 4 is 38.8 Å². The first-order valence-electron chi connectivity index (χ1n) is 22.2. The van der Waals surface area contributed by atoms with E-state index < -0.39 is 56.5 Å². The number of alkyl carbamates (subject to hydrolysis) is 1. The summed E-state index contributed by atoms with van der Waals surface area (Å²) in [6.07, 6.45) is 8.73. The second kappa shape index (κ2) is 22.5. The van der Waals surface area contributed by atoms with Crippen molar-refractivity contribution in [3.05, 3.63) is 106 Å². The van der Waals surface area contributed by atoms with Crippen molar-refractivity contribution < 1.29 is 23.5 Å². The second-order valence-corrected chi connectivity index (χ2v) is 34.7. The molecule has 0 heterocycles. The molecule has 1 aliphatic rings. The van der Waals surface area contributed by atoms with Crippen molar-refractivity contribution in [2.45, 2.75) is 156 Å². The van der Waals surface area contributed by atoms with E-state index in [1.54, 1.807) is 0 Å². The fourth-order valence-electron chi connectivity index (χ4n) is 8.84. The number of fused-ring (bicyclic) bond motifs is 3. The standard InChI is InChI=1S/C37H46NO5Si.3C4H9.Sn/c1-8-26(5)33(27-19-13-12-14-20-27)42-35(39)34(37(6,7)43-44(9-2,10-3)11-4)38-36(40)41-25-32-30-23-17-15-21-28(30)29-22-16-18-24-31(29)32;3*1-3-4-2;/h1,8,12-24,26,32-34H,9-11,25H2,2-7H3,(H,38,40);3*1,3-4H2,2H3;/t26-,33+,34-;;;;/m1..../s1. The molecule has 0 bridgehead atoms. The van der Waals surface area contributed by atoms with Crippen LogP contribution in [-0.2, 0) is 18.7 Å². The van der Waals surface area contributed by atoms with Crippen molar-refractivity contribution in [1.29, 1.82) is 0 Å². The van der Waals surface area contributed by atoms with E-state index in [2.05, 4.69) is 88.2 Å². The molecule has 0 aliphatic heterocycles. The van der Waals surface area contributed by atoms with E-state index in [9.17, 15) is 9.59 Å². The molecule has 0 spiro atoms. The summed E-state index contributed by atoms with van der Waals surface area (Å²) in [6.45, 7) is 19.6. The molecule has 1 amide bonds. The van der Waals surface area contributed by atoms with Crippen LogP contribution in [0.1, 0.15) is 130 Å². The summed E-state index contributed by atoms with van der Waals surface area (Å²) in [5.41, 5.74) is 4.49. The van der Waals surface area contributed by atoms with Crippen LogP contribution in [0.5, 0.6) is 0 Å². The van der Waals surface area contributed by atoms with Crippen molar-refractivity contribution in [2.24, 2.45) is 5.92 Å². The molecule has 3 atom stereocenters. The second-order valence-electron chi connectivity index (χ2n) is 17.0. The summed E-state index contributed by atoms with van der Waals surface area (Å²) < 4.78 is 26.5. The Morgan fingerprint density at radius 3 is 1.74 bits per heavy atom. The van der Waals surface area contributed by atoms with E-state index in [0.29, 0.717) is 0 Å². The molecular weight excluding hydrogens is 829 g/mol. The molecule has 3 aromatic rings. The van der Waals surface area contributed by atoms with Gasteiger partial charge in [0.05, 0.1) is 0 Å². The van der Waals surface area contributed by atoms with Crippen LogP contribution in [-0.4, -0.2) is 57.0 Å². The predicted octanol–water partition coefficient (Wildman–Crippen LogP) is 13.6. The number of ether oxygens (including phenoxy) is 2. The molecular formula is C49H73NO5SiSn. The van der Waals surface area contributed by atoms with Gasteiger partial charge in [0.15, 0.2) is 0 Å². The van der Waals surface area contributed by atoms with E-state index in [-0.39, 0.29) is 18.4 Å². The van der Waals surface area contributed by atoms with Crippen molar-refractivity contribution in [2.75, 3.05) is 6.61 Å². The molecule has 1 N–H and O–H groups in total. The Morgan fingerprint density at radius 2 is 1.25 bits per heavy atom. The maximum absolute atomic E-state index is 14.8. The van der Waals surface area contributed by atoms with Crippen LogP contribution in [0.25, 0.3) is 11.1 Å². The van der Waals surface area contributed by atoms with E-state index >= 15 is 0 Å². The SMILES string of the molecule is CCC[CH2][Sn](/[CH]=C/[C@@H](C)[C@H](OC(=O)[C@@H](NC(=O)OCC1c2ccccc2-c2ccccc21)C(C)(C)O[Si](CC)(CC)CC)c1ccccc1)([CH2]CCC)[CH2]CCC. The monoisotopic (exact) mass is 903 g/mol. The number of carbonyl (C=O) groups excluding carboxylic acids is 2. The minimum absolute atomic E-state index is 0.0631. The summed E-state index contributed by atoms with van der Waals surface area (Å²) in [6, 6.07) is 28.3.